The summed E-state index contributed by atoms with van der Waals surface area (Å²) < 4.78 is 0. The van der Waals surface area contributed by atoms with Gasteiger partial charge < -0.3 is 16.0 Å². The maximum absolute atomic E-state index is 12.6. The van der Waals surface area contributed by atoms with Crippen molar-refractivity contribution in [2.75, 3.05) is 18.4 Å². The van der Waals surface area contributed by atoms with Crippen molar-refractivity contribution in [3.8, 4) is 0 Å². The highest BCUT2D eigenvalue weighted by Crippen LogP contribution is 2.22. The molecule has 2 aromatic rings. The first-order chi connectivity index (χ1) is 13.4. The van der Waals surface area contributed by atoms with Crippen molar-refractivity contribution in [2.24, 2.45) is 5.92 Å². The number of benzene rings is 1. The van der Waals surface area contributed by atoms with Crippen molar-refractivity contribution in [3.05, 3.63) is 58.2 Å². The average Bonchev–Trinajstić information content (AvgIpc) is 2.70. The maximum Gasteiger partial charge on any atom is 0.251 e. The van der Waals surface area contributed by atoms with Crippen molar-refractivity contribution in [1.29, 1.82) is 0 Å². The molecule has 3 N–H and O–H groups in total. The highest BCUT2D eigenvalue weighted by Gasteiger charge is 2.26. The number of aromatic nitrogens is 1. The van der Waals surface area contributed by atoms with Gasteiger partial charge in [-0.3, -0.25) is 9.59 Å². The summed E-state index contributed by atoms with van der Waals surface area (Å²) in [7, 11) is 0. The smallest absolute Gasteiger partial charge is 0.251 e. The molecule has 28 heavy (non-hydrogen) atoms. The fraction of sp³-hybridized carbons (Fsp3) is 0.350. The van der Waals surface area contributed by atoms with E-state index in [1.165, 1.54) is 6.20 Å². The van der Waals surface area contributed by atoms with Crippen molar-refractivity contribution in [1.82, 2.24) is 15.6 Å². The van der Waals surface area contributed by atoms with Crippen LogP contribution in [0.4, 0.5) is 5.82 Å². The van der Waals surface area contributed by atoms with Crippen LogP contribution in [0.3, 0.4) is 0 Å². The monoisotopic (exact) mass is 422 g/mol. The summed E-state index contributed by atoms with van der Waals surface area (Å²) in [6, 6.07) is 9.82. The minimum Gasteiger partial charge on any atom is -0.367 e. The summed E-state index contributed by atoms with van der Waals surface area (Å²) in [5.41, 5.74) is 0.522. The number of rotatable bonds is 9. The third kappa shape index (κ3) is 6.39. The number of halogens is 2. The van der Waals surface area contributed by atoms with Gasteiger partial charge in [-0.1, -0.05) is 61.7 Å². The Morgan fingerprint density at radius 3 is 2.50 bits per heavy atom. The molecule has 2 rings (SSSR count). The molecule has 0 aliphatic heterocycles. The van der Waals surface area contributed by atoms with E-state index in [2.05, 4.69) is 20.9 Å². The summed E-state index contributed by atoms with van der Waals surface area (Å²) in [4.78, 5) is 29.1. The Morgan fingerprint density at radius 1 is 1.14 bits per heavy atom. The highest BCUT2D eigenvalue weighted by atomic mass is 35.5. The van der Waals surface area contributed by atoms with E-state index in [0.29, 0.717) is 34.5 Å². The lowest BCUT2D eigenvalue weighted by atomic mass is 9.98. The van der Waals surface area contributed by atoms with Gasteiger partial charge in [0.05, 0.1) is 10.0 Å². The van der Waals surface area contributed by atoms with Gasteiger partial charge in [0.25, 0.3) is 5.91 Å². The molecule has 1 heterocycles. The molecule has 0 radical (unpaired) electrons. The number of carbonyl (C=O) groups is 2. The van der Waals surface area contributed by atoms with Gasteiger partial charge >= 0.3 is 0 Å². The maximum atomic E-state index is 12.6. The van der Waals surface area contributed by atoms with Gasteiger partial charge in [-0.05, 0) is 24.1 Å². The zero-order valence-corrected chi connectivity index (χ0v) is 17.3. The predicted octanol–water partition coefficient (Wildman–Crippen LogP) is 3.76. The summed E-state index contributed by atoms with van der Waals surface area (Å²) >= 11 is 11.9. The van der Waals surface area contributed by atoms with E-state index in [1.54, 1.807) is 30.3 Å². The predicted molar refractivity (Wildman–Crippen MR) is 113 cm³/mol. The number of amides is 2. The van der Waals surface area contributed by atoms with Crippen molar-refractivity contribution in [2.45, 2.75) is 26.3 Å². The zero-order chi connectivity index (χ0) is 20.5. The van der Waals surface area contributed by atoms with Crippen LogP contribution < -0.4 is 16.0 Å². The summed E-state index contributed by atoms with van der Waals surface area (Å²) in [6.07, 6.45) is 2.25. The molecule has 0 spiro atoms. The van der Waals surface area contributed by atoms with Gasteiger partial charge in [0.1, 0.15) is 11.9 Å². The molecular weight excluding hydrogens is 399 g/mol. The van der Waals surface area contributed by atoms with Crippen LogP contribution in [-0.4, -0.2) is 35.9 Å². The van der Waals surface area contributed by atoms with Crippen LogP contribution >= 0.6 is 23.2 Å². The van der Waals surface area contributed by atoms with Crippen LogP contribution in [0.15, 0.2) is 42.6 Å². The lowest BCUT2D eigenvalue weighted by Gasteiger charge is -2.23. The molecule has 2 amide bonds. The fourth-order valence-electron chi connectivity index (χ4n) is 2.54. The molecule has 0 fully saturated rings. The SMILES string of the molecule is CCC(C)C(NC(=O)c1ccccc1)C(=O)NCCNc1ncc(Cl)cc1Cl. The third-order valence-electron chi connectivity index (χ3n) is 4.34. The number of carbonyl (C=O) groups excluding carboxylic acids is 2. The van der Waals surface area contributed by atoms with Gasteiger partial charge in [0.2, 0.25) is 5.91 Å². The van der Waals surface area contributed by atoms with E-state index < -0.39 is 6.04 Å². The Bertz CT molecular complexity index is 802. The fourth-order valence-corrected chi connectivity index (χ4v) is 2.98. The van der Waals surface area contributed by atoms with E-state index in [0.717, 1.165) is 6.42 Å². The molecule has 150 valence electrons. The second-order valence-electron chi connectivity index (χ2n) is 6.40. The number of anilines is 1. The number of nitrogens with zero attached hydrogens (tertiary/aromatic N) is 1. The number of hydrogen-bond acceptors (Lipinski definition) is 4. The molecule has 0 saturated heterocycles. The van der Waals surface area contributed by atoms with Crippen LogP contribution in [0, 0.1) is 5.92 Å². The van der Waals surface area contributed by atoms with E-state index in [-0.39, 0.29) is 17.7 Å². The van der Waals surface area contributed by atoms with Gasteiger partial charge in [0.15, 0.2) is 0 Å². The minimum atomic E-state index is -0.616. The van der Waals surface area contributed by atoms with E-state index in [1.807, 2.05) is 19.9 Å². The Morgan fingerprint density at radius 2 is 1.86 bits per heavy atom. The number of hydrogen-bond donors (Lipinski definition) is 3. The second kappa shape index (κ2) is 10.9. The standard InChI is InChI=1S/C20H24Cl2N4O2/c1-3-13(2)17(26-19(27)14-7-5-4-6-8-14)20(28)24-10-9-23-18-16(22)11-15(21)12-25-18/h4-8,11-13,17H,3,9-10H2,1-2H3,(H,23,25)(H,24,28)(H,26,27). The van der Waals surface area contributed by atoms with Crippen molar-refractivity contribution in [3.63, 3.8) is 0 Å². The van der Waals surface area contributed by atoms with Crippen LogP contribution in [0.5, 0.6) is 0 Å². The third-order valence-corrected chi connectivity index (χ3v) is 4.84. The number of nitrogens with one attached hydrogen (secondary N) is 3. The number of pyridine rings is 1. The summed E-state index contributed by atoms with van der Waals surface area (Å²) in [5, 5.41) is 9.58. The molecule has 1 aromatic carbocycles. The topological polar surface area (TPSA) is 83.1 Å². The normalized spacial score (nSPS) is 12.7. The Hall–Kier alpha value is -2.31. The lowest BCUT2D eigenvalue weighted by Crippen LogP contribution is -2.50. The van der Waals surface area contributed by atoms with Crippen LogP contribution in [-0.2, 0) is 4.79 Å². The van der Waals surface area contributed by atoms with Gasteiger partial charge in [0, 0.05) is 24.8 Å². The summed E-state index contributed by atoms with van der Waals surface area (Å²) in [5.74, 6) is -0.00363. The molecule has 8 heteroatoms. The molecule has 0 saturated carbocycles. The Labute approximate surface area is 175 Å². The molecule has 2 unspecified atom stereocenters. The van der Waals surface area contributed by atoms with Crippen molar-refractivity contribution < 1.29 is 9.59 Å². The van der Waals surface area contributed by atoms with Crippen LogP contribution in [0.2, 0.25) is 10.0 Å². The van der Waals surface area contributed by atoms with Crippen molar-refractivity contribution >= 4 is 40.8 Å². The average molecular weight is 423 g/mol. The van der Waals surface area contributed by atoms with E-state index >= 15 is 0 Å². The van der Waals surface area contributed by atoms with Gasteiger partial charge in [-0.25, -0.2) is 4.98 Å². The van der Waals surface area contributed by atoms with E-state index in [9.17, 15) is 9.59 Å². The summed E-state index contributed by atoms with van der Waals surface area (Å²) in [6.45, 7) is 4.70. The molecule has 0 bridgehead atoms. The molecular formula is C20H24Cl2N4O2. The largest absolute Gasteiger partial charge is 0.367 e. The Kier molecular flexibility index (Phi) is 8.54. The first-order valence-electron chi connectivity index (χ1n) is 9.11. The van der Waals surface area contributed by atoms with Gasteiger partial charge in [-0.15, -0.1) is 0 Å². The molecule has 6 nitrogen and oxygen atoms in total. The highest BCUT2D eigenvalue weighted by molar-refractivity contribution is 6.35. The second-order valence-corrected chi connectivity index (χ2v) is 7.25. The first kappa shape index (κ1) is 22.0. The quantitative estimate of drug-likeness (QED) is 0.537. The first-order valence-corrected chi connectivity index (χ1v) is 9.86. The van der Waals surface area contributed by atoms with E-state index in [4.69, 9.17) is 23.2 Å². The van der Waals surface area contributed by atoms with Gasteiger partial charge in [-0.2, -0.15) is 0 Å². The molecule has 2 atom stereocenters. The molecule has 1 aromatic heterocycles. The van der Waals surface area contributed by atoms with Crippen LogP contribution in [0.25, 0.3) is 0 Å². The Balaban J connectivity index is 1.89. The molecule has 0 aliphatic carbocycles. The van der Waals surface area contributed by atoms with Crippen LogP contribution in [0.1, 0.15) is 30.6 Å². The molecule has 0 aliphatic rings. The zero-order valence-electron chi connectivity index (χ0n) is 15.8. The lowest BCUT2D eigenvalue weighted by molar-refractivity contribution is -0.124. The minimum absolute atomic E-state index is 0.00648.